The SMILES string of the molecule is COc1ccc2sc(N(C[C@H]3CCCO3)C(=O)c3cc(C)n(C)n3)nc2c1. The zero-order valence-corrected chi connectivity index (χ0v) is 16.5. The number of fused-ring (bicyclic) bond motifs is 1. The number of carbonyl (C=O) groups excluding carboxylic acids is 1. The molecule has 0 N–H and O–H groups in total. The van der Waals surface area contributed by atoms with Gasteiger partial charge in [0.2, 0.25) is 0 Å². The Balaban J connectivity index is 1.71. The molecule has 0 radical (unpaired) electrons. The van der Waals surface area contributed by atoms with Gasteiger partial charge in [0, 0.05) is 25.4 Å². The summed E-state index contributed by atoms with van der Waals surface area (Å²) in [5.41, 5.74) is 2.17. The fourth-order valence-corrected chi connectivity index (χ4v) is 4.13. The van der Waals surface area contributed by atoms with Crippen molar-refractivity contribution in [2.24, 2.45) is 7.05 Å². The van der Waals surface area contributed by atoms with Crippen molar-refractivity contribution in [3.63, 3.8) is 0 Å². The Morgan fingerprint density at radius 1 is 1.44 bits per heavy atom. The van der Waals surface area contributed by atoms with Crippen molar-refractivity contribution < 1.29 is 14.3 Å². The lowest BCUT2D eigenvalue weighted by Gasteiger charge is -2.22. The third-order valence-corrected chi connectivity index (χ3v) is 5.86. The van der Waals surface area contributed by atoms with Crippen LogP contribution in [0.3, 0.4) is 0 Å². The second-order valence-corrected chi connectivity index (χ2v) is 7.68. The van der Waals surface area contributed by atoms with Gasteiger partial charge in [0.05, 0.1) is 30.0 Å². The average molecular weight is 386 g/mol. The van der Waals surface area contributed by atoms with Crippen LogP contribution in [0.4, 0.5) is 5.13 Å². The molecule has 8 heteroatoms. The van der Waals surface area contributed by atoms with Gasteiger partial charge in [-0.2, -0.15) is 5.10 Å². The number of hydrogen-bond donors (Lipinski definition) is 0. The number of ether oxygens (including phenoxy) is 2. The molecule has 1 fully saturated rings. The maximum absolute atomic E-state index is 13.2. The van der Waals surface area contributed by atoms with E-state index >= 15 is 0 Å². The number of benzene rings is 1. The van der Waals surface area contributed by atoms with Crippen molar-refractivity contribution in [2.45, 2.75) is 25.9 Å². The summed E-state index contributed by atoms with van der Waals surface area (Å²) in [6.45, 7) is 3.15. The number of methoxy groups -OCH3 is 1. The Morgan fingerprint density at radius 2 is 2.30 bits per heavy atom. The molecule has 1 saturated heterocycles. The number of thiazole rings is 1. The Morgan fingerprint density at radius 3 is 2.96 bits per heavy atom. The number of nitrogens with zero attached hydrogens (tertiary/aromatic N) is 4. The van der Waals surface area contributed by atoms with Crippen LogP contribution in [0.15, 0.2) is 24.3 Å². The minimum Gasteiger partial charge on any atom is -0.497 e. The van der Waals surface area contributed by atoms with Gasteiger partial charge in [-0.3, -0.25) is 14.4 Å². The first-order chi connectivity index (χ1) is 13.0. The zero-order chi connectivity index (χ0) is 19.0. The van der Waals surface area contributed by atoms with E-state index in [2.05, 4.69) is 5.10 Å². The molecule has 0 aliphatic carbocycles. The number of carbonyl (C=O) groups is 1. The predicted octanol–water partition coefficient (Wildman–Crippen LogP) is 3.17. The number of anilines is 1. The zero-order valence-electron chi connectivity index (χ0n) is 15.6. The highest BCUT2D eigenvalue weighted by Gasteiger charge is 2.28. The average Bonchev–Trinajstić information content (AvgIpc) is 3.39. The highest BCUT2D eigenvalue weighted by atomic mass is 32.1. The lowest BCUT2D eigenvalue weighted by atomic mass is 10.2. The van der Waals surface area contributed by atoms with Gasteiger partial charge in [0.15, 0.2) is 10.8 Å². The number of rotatable bonds is 5. The van der Waals surface area contributed by atoms with E-state index in [-0.39, 0.29) is 12.0 Å². The van der Waals surface area contributed by atoms with Gasteiger partial charge < -0.3 is 9.47 Å². The van der Waals surface area contributed by atoms with Crippen molar-refractivity contribution in [3.05, 3.63) is 35.7 Å². The lowest BCUT2D eigenvalue weighted by molar-refractivity contribution is 0.0913. The Kier molecular flexibility index (Phi) is 4.84. The molecule has 1 aliphatic rings. The summed E-state index contributed by atoms with van der Waals surface area (Å²) in [7, 11) is 3.46. The Hall–Kier alpha value is -2.45. The molecule has 1 amide bonds. The summed E-state index contributed by atoms with van der Waals surface area (Å²) in [6, 6.07) is 7.56. The van der Waals surface area contributed by atoms with E-state index < -0.39 is 0 Å². The minimum atomic E-state index is -0.153. The number of aryl methyl sites for hydroxylation is 2. The molecule has 2 aromatic heterocycles. The van der Waals surface area contributed by atoms with Crippen LogP contribution in [0.25, 0.3) is 10.2 Å². The lowest BCUT2D eigenvalue weighted by Crippen LogP contribution is -2.37. The van der Waals surface area contributed by atoms with Crippen LogP contribution in [0.5, 0.6) is 5.75 Å². The van der Waals surface area contributed by atoms with Crippen molar-refractivity contribution in [1.29, 1.82) is 0 Å². The third-order valence-electron chi connectivity index (χ3n) is 4.80. The van der Waals surface area contributed by atoms with Crippen LogP contribution in [0.2, 0.25) is 0 Å². The largest absolute Gasteiger partial charge is 0.497 e. The van der Waals surface area contributed by atoms with Crippen molar-refractivity contribution in [3.8, 4) is 5.75 Å². The van der Waals surface area contributed by atoms with Crippen molar-refractivity contribution in [1.82, 2.24) is 14.8 Å². The topological polar surface area (TPSA) is 69.5 Å². The van der Waals surface area contributed by atoms with E-state index in [0.717, 1.165) is 41.1 Å². The molecule has 3 heterocycles. The molecule has 142 valence electrons. The molecule has 27 heavy (non-hydrogen) atoms. The Labute approximate surface area is 161 Å². The second-order valence-electron chi connectivity index (χ2n) is 6.68. The smallest absolute Gasteiger partial charge is 0.280 e. The predicted molar refractivity (Wildman–Crippen MR) is 105 cm³/mol. The summed E-state index contributed by atoms with van der Waals surface area (Å²) in [4.78, 5) is 19.6. The Bertz CT molecular complexity index is 955. The summed E-state index contributed by atoms with van der Waals surface area (Å²) in [5.74, 6) is 0.594. The van der Waals surface area contributed by atoms with Gasteiger partial charge in [-0.1, -0.05) is 11.3 Å². The molecule has 1 atom stereocenters. The molecular weight excluding hydrogens is 364 g/mol. The van der Waals surface area contributed by atoms with Crippen molar-refractivity contribution >= 4 is 32.6 Å². The van der Waals surface area contributed by atoms with Gasteiger partial charge in [-0.05, 0) is 38.0 Å². The van der Waals surface area contributed by atoms with Crippen LogP contribution in [0, 0.1) is 6.92 Å². The molecule has 0 unspecified atom stereocenters. The van der Waals surface area contributed by atoms with E-state index in [1.54, 1.807) is 22.8 Å². The summed E-state index contributed by atoms with van der Waals surface area (Å²) in [5, 5.41) is 5.01. The maximum Gasteiger partial charge on any atom is 0.280 e. The van der Waals surface area contributed by atoms with Crippen LogP contribution in [-0.2, 0) is 11.8 Å². The normalized spacial score (nSPS) is 16.8. The standard InChI is InChI=1S/C19H22N4O3S/c1-12-9-16(21-22(12)2)18(24)23(11-14-5-4-8-26-14)19-20-15-10-13(25-3)6-7-17(15)27-19/h6-7,9-10,14H,4-5,8,11H2,1-3H3/t14-/m1/s1. The molecule has 0 bridgehead atoms. The van der Waals surface area contributed by atoms with E-state index in [1.165, 1.54) is 11.3 Å². The van der Waals surface area contributed by atoms with Crippen LogP contribution in [-0.4, -0.2) is 47.0 Å². The quantitative estimate of drug-likeness (QED) is 0.674. The van der Waals surface area contributed by atoms with Gasteiger partial charge in [0.1, 0.15) is 5.75 Å². The van der Waals surface area contributed by atoms with Crippen molar-refractivity contribution in [2.75, 3.05) is 25.2 Å². The van der Waals surface area contributed by atoms with Crippen LogP contribution >= 0.6 is 11.3 Å². The third kappa shape index (κ3) is 3.54. The van der Waals surface area contributed by atoms with Gasteiger partial charge in [-0.15, -0.1) is 0 Å². The fourth-order valence-electron chi connectivity index (χ4n) is 3.18. The van der Waals surface area contributed by atoms with E-state index in [9.17, 15) is 4.79 Å². The van der Waals surface area contributed by atoms with Gasteiger partial charge >= 0.3 is 0 Å². The highest BCUT2D eigenvalue weighted by Crippen LogP contribution is 2.32. The molecule has 3 aromatic rings. The second kappa shape index (κ2) is 7.28. The number of amides is 1. The van der Waals surface area contributed by atoms with E-state index in [1.807, 2.05) is 32.2 Å². The summed E-state index contributed by atoms with van der Waals surface area (Å²) in [6.07, 6.45) is 2.00. The molecule has 7 nitrogen and oxygen atoms in total. The minimum absolute atomic E-state index is 0.0281. The monoisotopic (exact) mass is 386 g/mol. The summed E-state index contributed by atoms with van der Waals surface area (Å²) >= 11 is 1.49. The molecule has 0 spiro atoms. The molecule has 1 aromatic carbocycles. The van der Waals surface area contributed by atoms with Crippen LogP contribution < -0.4 is 9.64 Å². The molecule has 1 aliphatic heterocycles. The molecule has 0 saturated carbocycles. The fraction of sp³-hybridized carbons (Fsp3) is 0.421. The first-order valence-corrected chi connectivity index (χ1v) is 9.75. The maximum atomic E-state index is 13.2. The molecule has 4 rings (SSSR count). The summed E-state index contributed by atoms with van der Waals surface area (Å²) < 4.78 is 13.8. The van der Waals surface area contributed by atoms with Gasteiger partial charge in [0.25, 0.3) is 5.91 Å². The van der Waals surface area contributed by atoms with Crippen LogP contribution in [0.1, 0.15) is 29.0 Å². The number of aromatic nitrogens is 3. The van der Waals surface area contributed by atoms with E-state index in [0.29, 0.717) is 17.4 Å². The highest BCUT2D eigenvalue weighted by molar-refractivity contribution is 7.22. The van der Waals surface area contributed by atoms with E-state index in [4.69, 9.17) is 14.5 Å². The first kappa shape index (κ1) is 17.9. The number of hydrogen-bond acceptors (Lipinski definition) is 6. The molecular formula is C19H22N4O3S. The first-order valence-electron chi connectivity index (χ1n) is 8.94. The van der Waals surface area contributed by atoms with Gasteiger partial charge in [-0.25, -0.2) is 4.98 Å².